The first-order valence-corrected chi connectivity index (χ1v) is 10.1. The third-order valence-electron chi connectivity index (χ3n) is 4.59. The molecule has 9 heteroatoms. The van der Waals surface area contributed by atoms with Gasteiger partial charge in [-0.05, 0) is 37.6 Å². The lowest BCUT2D eigenvalue weighted by molar-refractivity contribution is -0.116. The number of carbonyl (C=O) groups is 2. The predicted octanol–water partition coefficient (Wildman–Crippen LogP) is 4.54. The van der Waals surface area contributed by atoms with Gasteiger partial charge in [0.05, 0.1) is 11.2 Å². The second-order valence-electron chi connectivity index (χ2n) is 7.09. The zero-order valence-corrected chi connectivity index (χ0v) is 18.1. The minimum absolute atomic E-state index is 0.0134. The zero-order chi connectivity index (χ0) is 22.7. The minimum Gasteiger partial charge on any atom is -0.435 e. The molecule has 8 nitrogen and oxygen atoms in total. The van der Waals surface area contributed by atoms with Gasteiger partial charge >= 0.3 is 0 Å². The Morgan fingerprint density at radius 3 is 2.62 bits per heavy atom. The molecule has 1 N–H and O–H groups in total. The van der Waals surface area contributed by atoms with Gasteiger partial charge in [0.1, 0.15) is 5.78 Å². The van der Waals surface area contributed by atoms with Crippen molar-refractivity contribution >= 4 is 29.1 Å². The van der Waals surface area contributed by atoms with Gasteiger partial charge in [0, 0.05) is 41.8 Å². The number of nitrogens with zero attached hydrogens (tertiary/aromatic N) is 4. The van der Waals surface area contributed by atoms with Crippen LogP contribution in [0.4, 0.5) is 5.82 Å². The molecule has 32 heavy (non-hydrogen) atoms. The fraction of sp³-hybridized carbons (Fsp3) is 0.130. The summed E-state index contributed by atoms with van der Waals surface area (Å²) in [5.41, 5.74) is 2.56. The van der Waals surface area contributed by atoms with Crippen LogP contribution < -0.4 is 5.32 Å². The second kappa shape index (κ2) is 9.07. The maximum Gasteiger partial charge on any atom is 0.279 e. The number of Topliss-reactive ketones (excluding diaryl/α,β-unsaturated/α-hetero) is 1. The molecule has 1 aromatic carbocycles. The molecule has 0 fully saturated rings. The number of aryl methyl sites for hydroxylation is 1. The summed E-state index contributed by atoms with van der Waals surface area (Å²) in [7, 11) is 0. The van der Waals surface area contributed by atoms with Gasteiger partial charge in [-0.25, -0.2) is 9.97 Å². The maximum absolute atomic E-state index is 13.1. The summed E-state index contributed by atoms with van der Waals surface area (Å²) in [5.74, 6) is 0.174. The van der Waals surface area contributed by atoms with E-state index in [1.807, 2.05) is 6.92 Å². The van der Waals surface area contributed by atoms with E-state index >= 15 is 0 Å². The van der Waals surface area contributed by atoms with Crippen molar-refractivity contribution in [3.63, 3.8) is 0 Å². The molecule has 0 aliphatic rings. The first-order chi connectivity index (χ1) is 15.4. The number of carbonyl (C=O) groups excluding carboxylic acids is 2. The van der Waals surface area contributed by atoms with Gasteiger partial charge < -0.3 is 9.73 Å². The summed E-state index contributed by atoms with van der Waals surface area (Å²) >= 11 is 6.38. The smallest absolute Gasteiger partial charge is 0.279 e. The number of nitrogens with one attached hydrogen (secondary N) is 1. The van der Waals surface area contributed by atoms with E-state index in [0.717, 1.165) is 5.56 Å². The van der Waals surface area contributed by atoms with Crippen LogP contribution in [-0.2, 0) is 11.2 Å². The fourth-order valence-corrected chi connectivity index (χ4v) is 3.33. The van der Waals surface area contributed by atoms with Crippen molar-refractivity contribution in [2.45, 2.75) is 20.3 Å². The van der Waals surface area contributed by atoms with Crippen molar-refractivity contribution in [3.8, 4) is 22.8 Å². The van der Waals surface area contributed by atoms with E-state index in [2.05, 4.69) is 25.3 Å². The van der Waals surface area contributed by atoms with Gasteiger partial charge in [-0.15, -0.1) is 0 Å². The van der Waals surface area contributed by atoms with Crippen molar-refractivity contribution < 1.29 is 14.0 Å². The second-order valence-corrected chi connectivity index (χ2v) is 7.50. The van der Waals surface area contributed by atoms with Crippen LogP contribution in [0, 0.1) is 6.92 Å². The first kappa shape index (κ1) is 21.3. The van der Waals surface area contributed by atoms with E-state index in [4.69, 9.17) is 16.0 Å². The molecule has 3 aromatic heterocycles. The number of halogens is 1. The quantitative estimate of drug-likeness (QED) is 0.461. The molecular formula is C23H18ClN5O3. The number of amides is 1. The average Bonchev–Trinajstić information content (AvgIpc) is 3.21. The highest BCUT2D eigenvalue weighted by Gasteiger charge is 2.25. The Morgan fingerprint density at radius 2 is 1.91 bits per heavy atom. The van der Waals surface area contributed by atoms with Gasteiger partial charge in [-0.3, -0.25) is 19.6 Å². The number of pyridine rings is 1. The fourth-order valence-electron chi connectivity index (χ4n) is 3.11. The summed E-state index contributed by atoms with van der Waals surface area (Å²) in [4.78, 5) is 41.4. The van der Waals surface area contributed by atoms with E-state index in [-0.39, 0.29) is 35.4 Å². The normalized spacial score (nSPS) is 10.7. The third kappa shape index (κ3) is 4.55. The molecule has 0 aliphatic heterocycles. The van der Waals surface area contributed by atoms with Crippen LogP contribution >= 0.6 is 11.6 Å². The molecule has 1 amide bonds. The first-order valence-electron chi connectivity index (χ1n) is 9.71. The van der Waals surface area contributed by atoms with Gasteiger partial charge in [0.15, 0.2) is 17.3 Å². The van der Waals surface area contributed by atoms with E-state index in [0.29, 0.717) is 21.8 Å². The Hall–Kier alpha value is -3.91. The Morgan fingerprint density at radius 1 is 1.09 bits per heavy atom. The Labute approximate surface area is 188 Å². The highest BCUT2D eigenvalue weighted by atomic mass is 35.5. The maximum atomic E-state index is 13.1. The Balaban J connectivity index is 1.82. The van der Waals surface area contributed by atoms with Crippen LogP contribution in [0.15, 0.2) is 59.5 Å². The van der Waals surface area contributed by atoms with Crippen LogP contribution in [0.25, 0.3) is 22.8 Å². The largest absolute Gasteiger partial charge is 0.435 e. The lowest BCUT2D eigenvalue weighted by Gasteiger charge is -2.05. The van der Waals surface area contributed by atoms with E-state index in [1.54, 1.807) is 36.5 Å². The van der Waals surface area contributed by atoms with Crippen molar-refractivity contribution in [2.75, 3.05) is 5.32 Å². The van der Waals surface area contributed by atoms with E-state index in [1.165, 1.54) is 25.5 Å². The molecule has 3 heterocycles. The topological polar surface area (TPSA) is 111 Å². The zero-order valence-electron chi connectivity index (χ0n) is 17.3. The molecule has 0 unspecified atom stereocenters. The van der Waals surface area contributed by atoms with Crippen LogP contribution in [0.1, 0.15) is 28.7 Å². The number of anilines is 1. The molecule has 0 aliphatic carbocycles. The molecule has 0 bridgehead atoms. The summed E-state index contributed by atoms with van der Waals surface area (Å²) in [6, 6.07) is 8.75. The van der Waals surface area contributed by atoms with Crippen molar-refractivity contribution in [1.82, 2.24) is 19.9 Å². The molecular weight excluding hydrogens is 430 g/mol. The van der Waals surface area contributed by atoms with Gasteiger partial charge in [-0.2, -0.15) is 0 Å². The lowest BCUT2D eigenvalue weighted by atomic mass is 10.1. The number of aromatic nitrogens is 4. The number of hydrogen-bond acceptors (Lipinski definition) is 7. The van der Waals surface area contributed by atoms with Crippen LogP contribution in [0.5, 0.6) is 0 Å². The van der Waals surface area contributed by atoms with Gasteiger partial charge in [0.25, 0.3) is 5.91 Å². The monoisotopic (exact) mass is 447 g/mol. The highest BCUT2D eigenvalue weighted by Crippen LogP contribution is 2.35. The summed E-state index contributed by atoms with van der Waals surface area (Å²) < 4.78 is 6.06. The molecule has 4 rings (SSSR count). The predicted molar refractivity (Wildman–Crippen MR) is 119 cm³/mol. The van der Waals surface area contributed by atoms with Crippen LogP contribution in [-0.4, -0.2) is 31.6 Å². The number of hydrogen-bond donors (Lipinski definition) is 1. The SMILES string of the molecule is CC(=O)Cc1cc(-c2nc(C(=O)Nc3cnccn3)c(-c3ccccc3Cl)o2)c(C)cn1. The molecule has 0 saturated heterocycles. The number of rotatable bonds is 6. The summed E-state index contributed by atoms with van der Waals surface area (Å²) in [6.07, 6.45) is 6.23. The molecule has 0 atom stereocenters. The van der Waals surface area contributed by atoms with E-state index < -0.39 is 5.91 Å². The van der Waals surface area contributed by atoms with Crippen LogP contribution in [0.3, 0.4) is 0 Å². The van der Waals surface area contributed by atoms with Crippen LogP contribution in [0.2, 0.25) is 5.02 Å². The molecule has 0 radical (unpaired) electrons. The molecule has 4 aromatic rings. The molecule has 0 spiro atoms. The molecule has 0 saturated carbocycles. The lowest BCUT2D eigenvalue weighted by Crippen LogP contribution is -2.14. The van der Waals surface area contributed by atoms with Crippen molar-refractivity contribution in [1.29, 1.82) is 0 Å². The summed E-state index contributed by atoms with van der Waals surface area (Å²) in [5, 5.41) is 3.08. The van der Waals surface area contributed by atoms with Crippen molar-refractivity contribution in [2.24, 2.45) is 0 Å². The summed E-state index contributed by atoms with van der Waals surface area (Å²) in [6.45, 7) is 3.34. The molecule has 160 valence electrons. The average molecular weight is 448 g/mol. The highest BCUT2D eigenvalue weighted by molar-refractivity contribution is 6.33. The third-order valence-corrected chi connectivity index (χ3v) is 4.92. The van der Waals surface area contributed by atoms with Gasteiger partial charge in [0.2, 0.25) is 5.89 Å². The minimum atomic E-state index is -0.522. The van der Waals surface area contributed by atoms with Crippen molar-refractivity contribution in [3.05, 3.63) is 77.1 Å². The number of oxazole rings is 1. The number of ketones is 1. The Bertz CT molecular complexity index is 1300. The van der Waals surface area contributed by atoms with E-state index in [9.17, 15) is 9.59 Å². The van der Waals surface area contributed by atoms with Gasteiger partial charge in [-0.1, -0.05) is 23.7 Å². The Kier molecular flexibility index (Phi) is 6.04. The standard InChI is InChI=1S/C23H18ClN5O3/c1-13-11-27-15(9-14(2)30)10-17(13)23-29-20(22(31)28-19-12-25-7-8-26-19)21(32-23)16-5-3-4-6-18(16)24/h3-8,10-12H,9H2,1-2H3,(H,26,28,31). The number of benzene rings is 1.